The molecule has 28 heavy (non-hydrogen) atoms. The number of hydrogen-bond donors (Lipinski definition) is 0. The highest BCUT2D eigenvalue weighted by atomic mass is 32.2. The zero-order valence-electron chi connectivity index (χ0n) is 16.2. The molecule has 1 aliphatic heterocycles. The molecular weight excluding hydrogens is 370 g/mol. The first-order chi connectivity index (χ1) is 13.8. The van der Waals surface area contributed by atoms with Crippen LogP contribution in [0, 0.1) is 0 Å². The molecule has 1 aliphatic carbocycles. The molecule has 0 atom stereocenters. The number of carbonyl (C=O) groups excluding carboxylic acids is 1. The van der Waals surface area contributed by atoms with Crippen molar-refractivity contribution >= 4 is 29.3 Å². The Morgan fingerprint density at radius 1 is 1.18 bits per heavy atom. The second-order valence-electron chi connectivity index (χ2n) is 7.35. The van der Waals surface area contributed by atoms with Gasteiger partial charge in [0.05, 0.1) is 5.75 Å². The molecule has 2 heterocycles. The summed E-state index contributed by atoms with van der Waals surface area (Å²) in [5, 5.41) is 9.81. The van der Waals surface area contributed by atoms with Gasteiger partial charge in [0.2, 0.25) is 11.9 Å². The van der Waals surface area contributed by atoms with Crippen molar-refractivity contribution in [3.05, 3.63) is 43.0 Å². The first-order valence-electron chi connectivity index (χ1n) is 10.1. The third-order valence-electron chi connectivity index (χ3n) is 5.20. The molecule has 7 heteroatoms. The normalized spacial score (nSPS) is 16.8. The van der Waals surface area contributed by atoms with Crippen LogP contribution in [0.3, 0.4) is 0 Å². The lowest BCUT2D eigenvalue weighted by Crippen LogP contribution is -2.33. The molecule has 148 valence electrons. The van der Waals surface area contributed by atoms with E-state index in [4.69, 9.17) is 0 Å². The van der Waals surface area contributed by atoms with Crippen LogP contribution in [0.2, 0.25) is 0 Å². The fourth-order valence-electron chi connectivity index (χ4n) is 3.62. The van der Waals surface area contributed by atoms with E-state index >= 15 is 0 Å². The average molecular weight is 398 g/mol. The molecule has 1 saturated carbocycles. The number of benzene rings is 1. The number of anilines is 2. The van der Waals surface area contributed by atoms with Gasteiger partial charge in [-0.3, -0.25) is 9.36 Å². The number of thioether (sulfide) groups is 1. The lowest BCUT2D eigenvalue weighted by atomic mass is 10.1. The van der Waals surface area contributed by atoms with Crippen molar-refractivity contribution in [1.29, 1.82) is 0 Å². The van der Waals surface area contributed by atoms with Gasteiger partial charge in [-0.15, -0.1) is 16.8 Å². The van der Waals surface area contributed by atoms with E-state index in [2.05, 4.69) is 26.2 Å². The Bertz CT molecular complexity index is 811. The monoisotopic (exact) mass is 397 g/mol. The highest BCUT2D eigenvalue weighted by Gasteiger charge is 2.32. The van der Waals surface area contributed by atoms with Crippen LogP contribution in [0.15, 0.2) is 48.1 Å². The van der Waals surface area contributed by atoms with Gasteiger partial charge in [-0.25, -0.2) is 0 Å². The molecule has 0 bridgehead atoms. The lowest BCUT2D eigenvalue weighted by molar-refractivity contribution is -0.116. The van der Waals surface area contributed by atoms with Crippen molar-refractivity contribution in [3.8, 4) is 0 Å². The van der Waals surface area contributed by atoms with Crippen molar-refractivity contribution in [2.24, 2.45) is 0 Å². The zero-order valence-corrected chi connectivity index (χ0v) is 17.0. The van der Waals surface area contributed by atoms with Gasteiger partial charge in [0, 0.05) is 31.4 Å². The third kappa shape index (κ3) is 4.24. The number of para-hydroxylation sites is 1. The fourth-order valence-corrected chi connectivity index (χ4v) is 4.50. The van der Waals surface area contributed by atoms with Crippen LogP contribution < -0.4 is 9.80 Å². The minimum absolute atomic E-state index is 0.0565. The molecule has 1 aromatic heterocycles. The van der Waals surface area contributed by atoms with Crippen molar-refractivity contribution < 1.29 is 4.79 Å². The molecule has 1 saturated heterocycles. The standard InChI is InChI=1S/C21H27N5OS/c1-2-13-25(17-9-5-3-6-10-17)19(27)16-28-21-23-22-20(26(21)18-11-12-18)24-14-7-4-8-15-24/h2-3,5-6,9-10,18H,1,4,7-8,11-16H2. The van der Waals surface area contributed by atoms with E-state index in [9.17, 15) is 4.79 Å². The molecule has 1 amide bonds. The highest BCUT2D eigenvalue weighted by Crippen LogP contribution is 2.41. The summed E-state index contributed by atoms with van der Waals surface area (Å²) >= 11 is 1.49. The van der Waals surface area contributed by atoms with Crippen LogP contribution in [-0.2, 0) is 4.79 Å². The Kier molecular flexibility index (Phi) is 6.00. The molecular formula is C21H27N5OS. The fraction of sp³-hybridized carbons (Fsp3) is 0.476. The zero-order chi connectivity index (χ0) is 19.3. The molecule has 6 nitrogen and oxygen atoms in total. The summed E-state index contributed by atoms with van der Waals surface area (Å²) < 4.78 is 2.27. The summed E-state index contributed by atoms with van der Waals surface area (Å²) in [7, 11) is 0. The quantitative estimate of drug-likeness (QED) is 0.499. The van der Waals surface area contributed by atoms with Crippen LogP contribution in [0.1, 0.15) is 38.1 Å². The molecule has 0 spiro atoms. The molecule has 2 aliphatic rings. The Labute approximate surface area is 170 Å². The number of amides is 1. The summed E-state index contributed by atoms with van der Waals surface area (Å²) in [6.45, 7) is 6.39. The molecule has 0 N–H and O–H groups in total. The van der Waals surface area contributed by atoms with Gasteiger partial charge in [0.15, 0.2) is 5.16 Å². The average Bonchev–Trinajstić information content (AvgIpc) is 3.50. The van der Waals surface area contributed by atoms with E-state index in [1.165, 1.54) is 43.9 Å². The number of nitrogens with zero attached hydrogens (tertiary/aromatic N) is 5. The number of carbonyl (C=O) groups is 1. The van der Waals surface area contributed by atoms with Gasteiger partial charge in [0.1, 0.15) is 0 Å². The predicted octanol–water partition coefficient (Wildman–Crippen LogP) is 3.91. The summed E-state index contributed by atoms with van der Waals surface area (Å²) in [4.78, 5) is 17.0. The molecule has 1 aromatic carbocycles. The Morgan fingerprint density at radius 2 is 1.93 bits per heavy atom. The maximum absolute atomic E-state index is 12.9. The first-order valence-corrected chi connectivity index (χ1v) is 11.1. The van der Waals surface area contributed by atoms with Crippen LogP contribution >= 0.6 is 11.8 Å². The molecule has 0 radical (unpaired) electrons. The summed E-state index contributed by atoms with van der Waals surface area (Å²) in [5.41, 5.74) is 0.894. The molecule has 2 fully saturated rings. The van der Waals surface area contributed by atoms with E-state index in [1.807, 2.05) is 30.3 Å². The van der Waals surface area contributed by atoms with Gasteiger partial charge in [-0.1, -0.05) is 36.0 Å². The highest BCUT2D eigenvalue weighted by molar-refractivity contribution is 7.99. The van der Waals surface area contributed by atoms with Gasteiger partial charge in [-0.2, -0.15) is 0 Å². The van der Waals surface area contributed by atoms with E-state index in [0.717, 1.165) is 29.9 Å². The van der Waals surface area contributed by atoms with E-state index < -0.39 is 0 Å². The second kappa shape index (κ2) is 8.82. The van der Waals surface area contributed by atoms with Crippen molar-refractivity contribution in [2.75, 3.05) is 35.2 Å². The van der Waals surface area contributed by atoms with Crippen LogP contribution in [0.25, 0.3) is 0 Å². The smallest absolute Gasteiger partial charge is 0.237 e. The van der Waals surface area contributed by atoms with Gasteiger partial charge in [0.25, 0.3) is 0 Å². The van der Waals surface area contributed by atoms with Crippen LogP contribution in [0.4, 0.5) is 11.6 Å². The number of rotatable bonds is 8. The van der Waals surface area contributed by atoms with Crippen LogP contribution in [-0.4, -0.2) is 46.1 Å². The maximum Gasteiger partial charge on any atom is 0.237 e. The molecule has 2 aromatic rings. The van der Waals surface area contributed by atoms with E-state index in [-0.39, 0.29) is 5.91 Å². The van der Waals surface area contributed by atoms with Crippen molar-refractivity contribution in [3.63, 3.8) is 0 Å². The second-order valence-corrected chi connectivity index (χ2v) is 8.29. The minimum Gasteiger partial charge on any atom is -0.341 e. The lowest BCUT2D eigenvalue weighted by Gasteiger charge is -2.27. The predicted molar refractivity (Wildman–Crippen MR) is 114 cm³/mol. The topological polar surface area (TPSA) is 54.3 Å². The van der Waals surface area contributed by atoms with E-state index in [0.29, 0.717) is 18.3 Å². The number of hydrogen-bond acceptors (Lipinski definition) is 5. The largest absolute Gasteiger partial charge is 0.341 e. The molecule has 0 unspecified atom stereocenters. The van der Waals surface area contributed by atoms with Gasteiger partial charge in [-0.05, 0) is 44.2 Å². The SMILES string of the molecule is C=CCN(C(=O)CSc1nnc(N2CCCCC2)n1C1CC1)c1ccccc1. The van der Waals surface area contributed by atoms with E-state index in [1.54, 1.807) is 11.0 Å². The Hall–Kier alpha value is -2.28. The number of piperidine rings is 1. The first kappa shape index (κ1) is 19.1. The van der Waals surface area contributed by atoms with Crippen molar-refractivity contribution in [1.82, 2.24) is 14.8 Å². The Balaban J connectivity index is 1.47. The number of aromatic nitrogens is 3. The van der Waals surface area contributed by atoms with Crippen molar-refractivity contribution in [2.45, 2.75) is 43.3 Å². The van der Waals surface area contributed by atoms with Crippen LogP contribution in [0.5, 0.6) is 0 Å². The summed E-state index contributed by atoms with van der Waals surface area (Å²) in [6, 6.07) is 10.2. The minimum atomic E-state index is 0.0565. The maximum atomic E-state index is 12.9. The molecule has 4 rings (SSSR count). The van der Waals surface area contributed by atoms with Gasteiger partial charge < -0.3 is 9.80 Å². The summed E-state index contributed by atoms with van der Waals surface area (Å²) in [5.74, 6) is 1.39. The van der Waals surface area contributed by atoms with Gasteiger partial charge >= 0.3 is 0 Å². The Morgan fingerprint density at radius 3 is 2.61 bits per heavy atom. The summed E-state index contributed by atoms with van der Waals surface area (Å²) in [6.07, 6.45) is 7.83. The third-order valence-corrected chi connectivity index (χ3v) is 6.13.